The molecule has 2 aliphatic heterocycles. The van der Waals surface area contributed by atoms with Crippen molar-refractivity contribution < 1.29 is 14.7 Å². The third-order valence-electron chi connectivity index (χ3n) is 5.48. The first-order valence-electron chi connectivity index (χ1n) is 8.96. The van der Waals surface area contributed by atoms with Gasteiger partial charge in [-0.05, 0) is 44.7 Å². The smallest absolute Gasteiger partial charge is 0.254 e. The van der Waals surface area contributed by atoms with Gasteiger partial charge in [-0.15, -0.1) is 0 Å². The molecule has 2 aliphatic rings. The Morgan fingerprint density at radius 1 is 1.20 bits per heavy atom. The van der Waals surface area contributed by atoms with E-state index < -0.39 is 6.10 Å². The summed E-state index contributed by atoms with van der Waals surface area (Å²) in [4.78, 5) is 28.3. The van der Waals surface area contributed by atoms with E-state index in [0.717, 1.165) is 29.5 Å². The van der Waals surface area contributed by atoms with Crippen molar-refractivity contribution >= 4 is 11.8 Å². The topological polar surface area (TPSA) is 86.9 Å². The Balaban J connectivity index is 1.63. The molecule has 0 aliphatic carbocycles. The first kappa shape index (κ1) is 17.9. The number of carbonyl (C=O) groups is 2. The van der Waals surface area contributed by atoms with Crippen LogP contribution in [-0.4, -0.2) is 64.5 Å². The van der Waals surface area contributed by atoms with Gasteiger partial charge in [0, 0.05) is 31.2 Å². The number of nitrogens with zero attached hydrogens (tertiary/aromatic N) is 2. The van der Waals surface area contributed by atoms with Crippen LogP contribution < -0.4 is 5.73 Å². The zero-order valence-corrected chi connectivity index (χ0v) is 14.9. The monoisotopic (exact) mass is 345 g/mol. The molecule has 0 bridgehead atoms. The number of piperidine rings is 1. The third kappa shape index (κ3) is 3.70. The van der Waals surface area contributed by atoms with Gasteiger partial charge in [-0.2, -0.15) is 0 Å². The second-order valence-electron chi connectivity index (χ2n) is 7.35. The normalized spacial score (nSPS) is 25.3. The lowest BCUT2D eigenvalue weighted by atomic mass is 9.99. The highest BCUT2D eigenvalue weighted by atomic mass is 16.3. The second kappa shape index (κ2) is 7.14. The van der Waals surface area contributed by atoms with Gasteiger partial charge in [0.05, 0.1) is 12.1 Å². The number of β-amino-alcohol motifs (C(OH)–C–C–N with tert-alkyl or cyclic N) is 1. The molecule has 3 rings (SSSR count). The van der Waals surface area contributed by atoms with Gasteiger partial charge in [-0.3, -0.25) is 14.5 Å². The van der Waals surface area contributed by atoms with Gasteiger partial charge in [0.2, 0.25) is 5.91 Å². The summed E-state index contributed by atoms with van der Waals surface area (Å²) in [5, 5.41) is 9.88. The highest BCUT2D eigenvalue weighted by Gasteiger charge is 2.40. The van der Waals surface area contributed by atoms with Crippen molar-refractivity contribution in [2.45, 2.75) is 51.3 Å². The second-order valence-corrected chi connectivity index (χ2v) is 7.35. The average molecular weight is 345 g/mol. The van der Waals surface area contributed by atoms with Gasteiger partial charge >= 0.3 is 0 Å². The molecule has 3 N–H and O–H groups in total. The Bertz CT molecular complexity index is 668. The maximum Gasteiger partial charge on any atom is 0.254 e. The number of primary amides is 1. The molecule has 1 aromatic carbocycles. The molecule has 1 aromatic rings. The fraction of sp³-hybridized carbons (Fsp3) is 0.579. The molecule has 2 amide bonds. The van der Waals surface area contributed by atoms with E-state index in [1.807, 2.05) is 41.8 Å². The Labute approximate surface area is 148 Å². The van der Waals surface area contributed by atoms with Crippen LogP contribution in [0.2, 0.25) is 0 Å². The summed E-state index contributed by atoms with van der Waals surface area (Å²) in [5.74, 6) is -0.297. The number of likely N-dealkylation sites (tertiary alicyclic amines) is 2. The molecule has 2 saturated heterocycles. The lowest BCUT2D eigenvalue weighted by Crippen LogP contribution is -2.51. The molecule has 0 radical (unpaired) electrons. The van der Waals surface area contributed by atoms with E-state index >= 15 is 0 Å². The number of rotatable bonds is 3. The molecule has 6 heteroatoms. The summed E-state index contributed by atoms with van der Waals surface area (Å²) in [6.07, 6.45) is 1.52. The molecule has 2 atom stereocenters. The molecular formula is C19H27N3O3. The molecule has 0 aromatic heterocycles. The molecule has 0 spiro atoms. The predicted octanol–water partition coefficient (Wildman–Crippen LogP) is 0.829. The zero-order chi connectivity index (χ0) is 18.1. The predicted molar refractivity (Wildman–Crippen MR) is 95.2 cm³/mol. The van der Waals surface area contributed by atoms with E-state index in [1.54, 1.807) is 0 Å². The van der Waals surface area contributed by atoms with Crippen molar-refractivity contribution in [3.8, 4) is 0 Å². The van der Waals surface area contributed by atoms with E-state index in [0.29, 0.717) is 26.1 Å². The molecule has 136 valence electrons. The Kier molecular flexibility index (Phi) is 5.11. The number of nitrogens with two attached hydrogens (primary N) is 1. The average Bonchev–Trinajstić information content (AvgIpc) is 2.97. The minimum absolute atomic E-state index is 0.0730. The first-order valence-corrected chi connectivity index (χ1v) is 8.96. The van der Waals surface area contributed by atoms with E-state index in [2.05, 4.69) is 0 Å². The Morgan fingerprint density at radius 3 is 2.48 bits per heavy atom. The number of hydrogen-bond acceptors (Lipinski definition) is 4. The molecular weight excluding hydrogens is 318 g/mol. The van der Waals surface area contributed by atoms with Crippen LogP contribution >= 0.6 is 0 Å². The van der Waals surface area contributed by atoms with Gasteiger partial charge in [-0.1, -0.05) is 17.7 Å². The maximum atomic E-state index is 12.8. The van der Waals surface area contributed by atoms with Gasteiger partial charge in [-0.25, -0.2) is 0 Å². The standard InChI is InChI=1S/C19H27N3O3/c1-12-3-4-16(13(2)9-12)19(25)21-7-5-14(6-8-21)22-11-15(23)10-17(22)18(20)24/h3-4,9,14-15,17,23H,5-8,10-11H2,1-2H3,(H2,20,24)/t15-,17+/m1/s1. The fourth-order valence-corrected chi connectivity index (χ4v) is 4.15. The van der Waals surface area contributed by atoms with Gasteiger partial charge < -0.3 is 15.7 Å². The summed E-state index contributed by atoms with van der Waals surface area (Å²) in [7, 11) is 0. The van der Waals surface area contributed by atoms with E-state index in [1.165, 1.54) is 0 Å². The Morgan fingerprint density at radius 2 is 1.88 bits per heavy atom. The third-order valence-corrected chi connectivity index (χ3v) is 5.48. The number of benzene rings is 1. The highest BCUT2D eigenvalue weighted by molar-refractivity contribution is 5.95. The minimum Gasteiger partial charge on any atom is -0.392 e. The fourth-order valence-electron chi connectivity index (χ4n) is 4.15. The molecule has 25 heavy (non-hydrogen) atoms. The molecule has 0 saturated carbocycles. The summed E-state index contributed by atoms with van der Waals surface area (Å²) >= 11 is 0. The van der Waals surface area contributed by atoms with Gasteiger partial charge in [0.25, 0.3) is 5.91 Å². The number of aryl methyl sites for hydroxylation is 2. The highest BCUT2D eigenvalue weighted by Crippen LogP contribution is 2.27. The number of carbonyl (C=O) groups excluding carboxylic acids is 2. The van der Waals surface area contributed by atoms with Crippen LogP contribution in [0.1, 0.15) is 40.7 Å². The number of hydrogen-bond donors (Lipinski definition) is 2. The largest absolute Gasteiger partial charge is 0.392 e. The summed E-state index contributed by atoms with van der Waals surface area (Å²) in [5.41, 5.74) is 8.40. The molecule has 0 unspecified atom stereocenters. The van der Waals surface area contributed by atoms with Crippen LogP contribution in [0.4, 0.5) is 0 Å². The number of aliphatic hydroxyl groups is 1. The van der Waals surface area contributed by atoms with Crippen LogP contribution in [0.15, 0.2) is 18.2 Å². The van der Waals surface area contributed by atoms with Crippen molar-refractivity contribution in [2.24, 2.45) is 5.73 Å². The van der Waals surface area contributed by atoms with Crippen molar-refractivity contribution in [3.05, 3.63) is 34.9 Å². The van der Waals surface area contributed by atoms with Gasteiger partial charge in [0.15, 0.2) is 0 Å². The van der Waals surface area contributed by atoms with Crippen LogP contribution in [0, 0.1) is 13.8 Å². The maximum absolute atomic E-state index is 12.8. The zero-order valence-electron chi connectivity index (χ0n) is 14.9. The van der Waals surface area contributed by atoms with Crippen LogP contribution in [0.5, 0.6) is 0 Å². The SMILES string of the molecule is Cc1ccc(C(=O)N2CCC(N3C[C@H](O)C[C@H]3C(N)=O)CC2)c(C)c1. The lowest BCUT2D eigenvalue weighted by molar-refractivity contribution is -0.123. The van der Waals surface area contributed by atoms with Crippen LogP contribution in [0.25, 0.3) is 0 Å². The molecule has 6 nitrogen and oxygen atoms in total. The van der Waals surface area contributed by atoms with Crippen LogP contribution in [0.3, 0.4) is 0 Å². The van der Waals surface area contributed by atoms with Gasteiger partial charge in [0.1, 0.15) is 0 Å². The Hall–Kier alpha value is -1.92. The number of aliphatic hydroxyl groups excluding tert-OH is 1. The summed E-state index contributed by atoms with van der Waals surface area (Å²) < 4.78 is 0. The quantitative estimate of drug-likeness (QED) is 0.849. The van der Waals surface area contributed by atoms with Crippen molar-refractivity contribution in [2.75, 3.05) is 19.6 Å². The summed E-state index contributed by atoms with van der Waals surface area (Å²) in [6, 6.07) is 5.71. The van der Waals surface area contributed by atoms with E-state index in [4.69, 9.17) is 5.73 Å². The van der Waals surface area contributed by atoms with Crippen molar-refractivity contribution in [1.82, 2.24) is 9.80 Å². The summed E-state index contributed by atoms with van der Waals surface area (Å²) in [6.45, 7) is 5.80. The van der Waals surface area contributed by atoms with E-state index in [-0.39, 0.29) is 23.9 Å². The van der Waals surface area contributed by atoms with E-state index in [9.17, 15) is 14.7 Å². The number of amides is 2. The van der Waals surface area contributed by atoms with Crippen molar-refractivity contribution in [3.63, 3.8) is 0 Å². The van der Waals surface area contributed by atoms with Crippen LogP contribution in [-0.2, 0) is 4.79 Å². The minimum atomic E-state index is -0.493. The lowest BCUT2D eigenvalue weighted by Gasteiger charge is -2.38. The van der Waals surface area contributed by atoms with Crippen molar-refractivity contribution in [1.29, 1.82) is 0 Å². The molecule has 2 heterocycles. The first-order chi connectivity index (χ1) is 11.9. The molecule has 2 fully saturated rings.